The van der Waals surface area contributed by atoms with Crippen LogP contribution in [0.2, 0.25) is 0 Å². The molecule has 2 unspecified atom stereocenters. The number of carbonyl (C=O) groups is 2. The van der Waals surface area contributed by atoms with E-state index >= 15 is 0 Å². The van der Waals surface area contributed by atoms with Crippen LogP contribution < -0.4 is 10.1 Å². The maximum atomic E-state index is 12.7. The summed E-state index contributed by atoms with van der Waals surface area (Å²) in [7, 11) is -1.43. The van der Waals surface area contributed by atoms with Crippen LogP contribution >= 0.6 is 0 Å². The Morgan fingerprint density at radius 1 is 1.10 bits per heavy atom. The Morgan fingerprint density at radius 2 is 1.81 bits per heavy atom. The van der Waals surface area contributed by atoms with E-state index in [1.165, 1.54) is 11.2 Å². The number of carboxylic acids is 1. The van der Waals surface area contributed by atoms with Gasteiger partial charge in [0.25, 0.3) is 5.91 Å². The third-order valence-corrected chi connectivity index (χ3v) is 8.48. The third-order valence-electron chi connectivity index (χ3n) is 7.45. The van der Waals surface area contributed by atoms with E-state index in [4.69, 9.17) is 14.3 Å². The van der Waals surface area contributed by atoms with Gasteiger partial charge in [0.05, 0.1) is 24.8 Å². The van der Waals surface area contributed by atoms with Crippen LogP contribution in [0.25, 0.3) is 11.0 Å². The first-order chi connectivity index (χ1) is 19.9. The van der Waals surface area contributed by atoms with E-state index < -0.39 is 15.8 Å². The second-order valence-corrected chi connectivity index (χ2v) is 13.4. The highest BCUT2D eigenvalue weighted by atomic mass is 32.2. The average molecular weight is 601 g/mol. The van der Waals surface area contributed by atoms with Gasteiger partial charge < -0.3 is 24.5 Å². The van der Waals surface area contributed by atoms with Crippen LogP contribution in [0.4, 0.5) is 5.69 Å². The van der Waals surface area contributed by atoms with Crippen molar-refractivity contribution in [1.82, 2.24) is 4.90 Å². The molecule has 3 aromatic rings. The molecule has 0 aliphatic heterocycles. The standard InChI is InChI=1S/C32H44N2O7S/c1-6-7-8-10-22(2)30(33-25-13-11-24(12-14-25)32(37)34(4)18-17-29(35)36)31-23(3)27-21-26(15-16-28(27)41-31)40-19-9-20-42(5,38)39/h11-16,21-22,30,33H,6-10,17-20H2,1-5H3,(H,35,36). The molecule has 0 aliphatic carbocycles. The van der Waals surface area contributed by atoms with Crippen LogP contribution in [0, 0.1) is 12.8 Å². The molecule has 2 N–H and O–H groups in total. The fourth-order valence-corrected chi connectivity index (χ4v) is 5.58. The molecule has 10 heteroatoms. The van der Waals surface area contributed by atoms with E-state index in [0.29, 0.717) is 24.3 Å². The lowest BCUT2D eigenvalue weighted by atomic mass is 9.91. The van der Waals surface area contributed by atoms with Crippen molar-refractivity contribution in [3.05, 3.63) is 59.4 Å². The summed E-state index contributed by atoms with van der Waals surface area (Å²) in [6.07, 6.45) is 5.96. The molecule has 2 atom stereocenters. The first-order valence-electron chi connectivity index (χ1n) is 14.6. The fourth-order valence-electron chi connectivity index (χ4n) is 4.94. The summed E-state index contributed by atoms with van der Waals surface area (Å²) >= 11 is 0. The Bertz CT molecular complexity index is 1450. The Hall–Kier alpha value is -3.53. The van der Waals surface area contributed by atoms with E-state index in [-0.39, 0.29) is 36.6 Å². The van der Waals surface area contributed by atoms with Crippen LogP contribution in [0.1, 0.15) is 80.1 Å². The van der Waals surface area contributed by atoms with E-state index in [0.717, 1.165) is 53.7 Å². The molecule has 230 valence electrons. The maximum Gasteiger partial charge on any atom is 0.305 e. The Kier molecular flexibility index (Phi) is 11.8. The van der Waals surface area contributed by atoms with Gasteiger partial charge in [0, 0.05) is 42.0 Å². The topological polar surface area (TPSA) is 126 Å². The number of anilines is 1. The Labute approximate surface area is 249 Å². The Balaban J connectivity index is 1.82. The molecule has 0 fully saturated rings. The summed E-state index contributed by atoms with van der Waals surface area (Å²) in [5, 5.41) is 13.5. The highest BCUT2D eigenvalue weighted by Gasteiger charge is 2.26. The van der Waals surface area contributed by atoms with Crippen LogP contribution in [0.15, 0.2) is 46.9 Å². The number of aliphatic carboxylic acids is 1. The van der Waals surface area contributed by atoms with Gasteiger partial charge in [-0.25, -0.2) is 8.42 Å². The number of carboxylic acid groups (broad SMARTS) is 1. The zero-order valence-corrected chi connectivity index (χ0v) is 26.1. The Morgan fingerprint density at radius 3 is 2.45 bits per heavy atom. The van der Waals surface area contributed by atoms with Crippen molar-refractivity contribution in [2.45, 2.75) is 65.3 Å². The molecular formula is C32H44N2O7S. The summed E-state index contributed by atoms with van der Waals surface area (Å²) in [6.45, 7) is 6.90. The van der Waals surface area contributed by atoms with Gasteiger partial charge in [0.2, 0.25) is 0 Å². The smallest absolute Gasteiger partial charge is 0.305 e. The molecular weight excluding hydrogens is 556 g/mol. The molecule has 1 aromatic heterocycles. The van der Waals surface area contributed by atoms with E-state index in [9.17, 15) is 18.0 Å². The zero-order valence-electron chi connectivity index (χ0n) is 25.3. The molecule has 9 nitrogen and oxygen atoms in total. The van der Waals surface area contributed by atoms with Crippen LogP contribution in [0.5, 0.6) is 5.75 Å². The second kappa shape index (κ2) is 15.1. The SMILES string of the molecule is CCCCCC(C)C(Nc1ccc(C(=O)N(C)CCC(=O)O)cc1)c1oc2ccc(OCCCS(C)(=O)=O)cc2c1C. The minimum absolute atomic E-state index is 0.0873. The summed E-state index contributed by atoms with van der Waals surface area (Å²) in [4.78, 5) is 25.0. The molecule has 1 amide bonds. The number of nitrogens with zero attached hydrogens (tertiary/aromatic N) is 1. The predicted octanol–water partition coefficient (Wildman–Crippen LogP) is 6.47. The number of rotatable bonds is 17. The van der Waals surface area contributed by atoms with Gasteiger partial charge in [-0.2, -0.15) is 0 Å². The molecule has 0 bridgehead atoms. The zero-order chi connectivity index (χ0) is 30.9. The normalized spacial score (nSPS) is 13.1. The van der Waals surface area contributed by atoms with E-state index in [1.807, 2.05) is 37.3 Å². The minimum Gasteiger partial charge on any atom is -0.494 e. The minimum atomic E-state index is -3.03. The molecule has 2 aromatic carbocycles. The first-order valence-corrected chi connectivity index (χ1v) is 16.6. The number of sulfone groups is 1. The third kappa shape index (κ3) is 9.51. The number of fused-ring (bicyclic) bond motifs is 1. The lowest BCUT2D eigenvalue weighted by molar-refractivity contribution is -0.137. The highest BCUT2D eigenvalue weighted by Crippen LogP contribution is 2.38. The number of hydrogen-bond acceptors (Lipinski definition) is 7. The summed E-state index contributed by atoms with van der Waals surface area (Å²) in [6, 6.07) is 12.8. The number of furan rings is 1. The first kappa shape index (κ1) is 33.0. The highest BCUT2D eigenvalue weighted by molar-refractivity contribution is 7.90. The molecule has 0 saturated carbocycles. The summed E-state index contributed by atoms with van der Waals surface area (Å²) < 4.78 is 35.1. The molecule has 0 radical (unpaired) electrons. The number of aryl methyl sites for hydroxylation is 1. The summed E-state index contributed by atoms with van der Waals surface area (Å²) in [5.74, 6) is 0.685. The van der Waals surface area contributed by atoms with E-state index in [2.05, 4.69) is 19.2 Å². The summed E-state index contributed by atoms with van der Waals surface area (Å²) in [5.41, 5.74) is 3.11. The number of unbranched alkanes of at least 4 members (excludes halogenated alkanes) is 2. The molecule has 3 rings (SSSR count). The van der Waals surface area contributed by atoms with Crippen molar-refractivity contribution < 1.29 is 32.3 Å². The van der Waals surface area contributed by atoms with Gasteiger partial charge in [0.1, 0.15) is 26.9 Å². The van der Waals surface area contributed by atoms with Crippen molar-refractivity contribution >= 4 is 38.4 Å². The predicted molar refractivity (Wildman–Crippen MR) is 166 cm³/mol. The van der Waals surface area contributed by atoms with Crippen LogP contribution in [0.3, 0.4) is 0 Å². The molecule has 0 saturated heterocycles. The number of carbonyl (C=O) groups excluding carboxylic acids is 1. The largest absolute Gasteiger partial charge is 0.494 e. The molecule has 42 heavy (non-hydrogen) atoms. The lowest BCUT2D eigenvalue weighted by Gasteiger charge is -2.25. The van der Waals surface area contributed by atoms with Gasteiger partial charge in [-0.15, -0.1) is 0 Å². The van der Waals surface area contributed by atoms with Crippen molar-refractivity contribution in [2.75, 3.05) is 37.5 Å². The quantitative estimate of drug-likeness (QED) is 0.169. The van der Waals surface area contributed by atoms with Gasteiger partial charge in [-0.05, 0) is 68.1 Å². The van der Waals surface area contributed by atoms with Crippen molar-refractivity contribution in [3.63, 3.8) is 0 Å². The molecule has 1 heterocycles. The molecule has 0 spiro atoms. The van der Waals surface area contributed by atoms with Gasteiger partial charge in [0.15, 0.2) is 0 Å². The number of ether oxygens (including phenoxy) is 1. The second-order valence-electron chi connectivity index (χ2n) is 11.1. The van der Waals surface area contributed by atoms with Crippen LogP contribution in [-0.4, -0.2) is 62.5 Å². The van der Waals surface area contributed by atoms with Crippen molar-refractivity contribution in [2.24, 2.45) is 5.92 Å². The monoisotopic (exact) mass is 600 g/mol. The molecule has 0 aliphatic rings. The number of amides is 1. The number of nitrogens with one attached hydrogen (secondary N) is 1. The van der Waals surface area contributed by atoms with Crippen molar-refractivity contribution in [1.29, 1.82) is 0 Å². The van der Waals surface area contributed by atoms with E-state index in [1.54, 1.807) is 19.2 Å². The number of benzene rings is 2. The van der Waals surface area contributed by atoms with Crippen molar-refractivity contribution in [3.8, 4) is 5.75 Å². The number of hydrogen-bond donors (Lipinski definition) is 2. The van der Waals surface area contributed by atoms with Gasteiger partial charge >= 0.3 is 5.97 Å². The average Bonchev–Trinajstić information content (AvgIpc) is 3.27. The maximum absolute atomic E-state index is 12.7. The fraction of sp³-hybridized carbons (Fsp3) is 0.500. The van der Waals surface area contributed by atoms with Crippen LogP contribution in [-0.2, 0) is 14.6 Å². The van der Waals surface area contributed by atoms with Gasteiger partial charge in [-0.1, -0.05) is 33.1 Å². The van der Waals surface area contributed by atoms with Gasteiger partial charge in [-0.3, -0.25) is 9.59 Å². The lowest BCUT2D eigenvalue weighted by Crippen LogP contribution is -2.29.